The first kappa shape index (κ1) is 18.9. The van der Waals surface area contributed by atoms with Crippen molar-refractivity contribution in [1.82, 2.24) is 15.6 Å². The Kier molecular flexibility index (Phi) is 5.78. The summed E-state index contributed by atoms with van der Waals surface area (Å²) in [5.41, 5.74) is 5.93. The third kappa shape index (κ3) is 4.67. The van der Waals surface area contributed by atoms with Crippen molar-refractivity contribution < 1.29 is 4.79 Å². The minimum absolute atomic E-state index is 0.274. The zero-order valence-corrected chi connectivity index (χ0v) is 16.2. The molecule has 0 atom stereocenters. The van der Waals surface area contributed by atoms with Gasteiger partial charge in [0.2, 0.25) is 0 Å². The van der Waals surface area contributed by atoms with E-state index in [-0.39, 0.29) is 5.69 Å². The highest BCUT2D eigenvalue weighted by molar-refractivity contribution is 6.36. The minimum Gasteiger partial charge on any atom is -0.378 e. The van der Waals surface area contributed by atoms with Gasteiger partial charge in [-0.2, -0.15) is 10.2 Å². The summed E-state index contributed by atoms with van der Waals surface area (Å²) in [5.74, 6) is -0.403. The topological polar surface area (TPSA) is 73.4 Å². The lowest BCUT2D eigenvalue weighted by Crippen LogP contribution is -2.18. The average Bonchev–Trinajstić information content (AvgIpc) is 3.12. The molecule has 2 aromatic carbocycles. The number of H-pyrrole nitrogens is 1. The molecule has 138 valence electrons. The third-order valence-electron chi connectivity index (χ3n) is 3.82. The molecule has 3 aromatic rings. The predicted molar refractivity (Wildman–Crippen MR) is 110 cm³/mol. The summed E-state index contributed by atoms with van der Waals surface area (Å²) in [6, 6.07) is 14.5. The third-order valence-corrected chi connectivity index (χ3v) is 4.37. The van der Waals surface area contributed by atoms with E-state index in [0.29, 0.717) is 21.3 Å². The molecule has 2 N–H and O–H groups in total. The van der Waals surface area contributed by atoms with Gasteiger partial charge in [0.05, 0.1) is 16.9 Å². The molecule has 1 aromatic heterocycles. The van der Waals surface area contributed by atoms with Gasteiger partial charge in [-0.1, -0.05) is 35.3 Å². The molecule has 0 spiro atoms. The first-order valence-corrected chi connectivity index (χ1v) is 8.81. The molecule has 1 heterocycles. The maximum atomic E-state index is 12.2. The van der Waals surface area contributed by atoms with E-state index in [9.17, 15) is 4.79 Å². The van der Waals surface area contributed by atoms with Gasteiger partial charge in [0.15, 0.2) is 0 Å². The summed E-state index contributed by atoms with van der Waals surface area (Å²) in [6.07, 6.45) is 1.57. The summed E-state index contributed by atoms with van der Waals surface area (Å²) in [6.45, 7) is 0. The molecule has 3 rings (SSSR count). The SMILES string of the molecule is CN(C)c1ccc(/C=N/NC(=O)c2cc(-c3ccc(Cl)cc3Cl)n[nH]2)cc1. The number of benzene rings is 2. The Balaban J connectivity index is 1.65. The lowest BCUT2D eigenvalue weighted by molar-refractivity contribution is 0.0950. The highest BCUT2D eigenvalue weighted by Gasteiger charge is 2.12. The number of aromatic nitrogens is 2. The quantitative estimate of drug-likeness (QED) is 0.496. The summed E-state index contributed by atoms with van der Waals surface area (Å²) in [5, 5.41) is 11.8. The summed E-state index contributed by atoms with van der Waals surface area (Å²) in [4.78, 5) is 14.2. The predicted octanol–water partition coefficient (Wildman–Crippen LogP) is 4.21. The van der Waals surface area contributed by atoms with Gasteiger partial charge in [-0.15, -0.1) is 0 Å². The lowest BCUT2D eigenvalue weighted by atomic mass is 10.1. The van der Waals surface area contributed by atoms with Gasteiger partial charge < -0.3 is 4.90 Å². The molecule has 1 amide bonds. The largest absolute Gasteiger partial charge is 0.378 e. The van der Waals surface area contributed by atoms with Crippen LogP contribution in [0.1, 0.15) is 16.1 Å². The van der Waals surface area contributed by atoms with E-state index in [0.717, 1.165) is 11.3 Å². The van der Waals surface area contributed by atoms with Crippen LogP contribution in [0.4, 0.5) is 5.69 Å². The molecule has 0 aliphatic rings. The highest BCUT2D eigenvalue weighted by Crippen LogP contribution is 2.29. The number of hydrogen-bond acceptors (Lipinski definition) is 4. The van der Waals surface area contributed by atoms with Gasteiger partial charge in [0, 0.05) is 30.4 Å². The molecule has 0 aliphatic heterocycles. The molecular formula is C19H17Cl2N5O. The van der Waals surface area contributed by atoms with Crippen LogP contribution in [-0.4, -0.2) is 36.4 Å². The van der Waals surface area contributed by atoms with Gasteiger partial charge >= 0.3 is 0 Å². The molecule has 0 saturated carbocycles. The maximum absolute atomic E-state index is 12.2. The number of carbonyl (C=O) groups excluding carboxylic acids is 1. The molecule has 0 bridgehead atoms. The van der Waals surface area contributed by atoms with E-state index in [2.05, 4.69) is 20.7 Å². The number of aromatic amines is 1. The summed E-state index contributed by atoms with van der Waals surface area (Å²) in [7, 11) is 3.94. The van der Waals surface area contributed by atoms with Crippen LogP contribution in [0, 0.1) is 0 Å². The van der Waals surface area contributed by atoms with E-state index in [1.54, 1.807) is 30.5 Å². The van der Waals surface area contributed by atoms with Crippen LogP contribution >= 0.6 is 23.2 Å². The van der Waals surface area contributed by atoms with Gasteiger partial charge in [-0.25, -0.2) is 5.43 Å². The van der Waals surface area contributed by atoms with Crippen molar-refractivity contribution in [3.63, 3.8) is 0 Å². The Hall–Kier alpha value is -2.83. The summed E-state index contributed by atoms with van der Waals surface area (Å²) >= 11 is 12.1. The average molecular weight is 402 g/mol. The second-order valence-corrected chi connectivity index (χ2v) is 6.82. The number of halogens is 2. The minimum atomic E-state index is -0.403. The Bertz CT molecular complexity index is 980. The van der Waals surface area contributed by atoms with E-state index in [1.807, 2.05) is 43.3 Å². The van der Waals surface area contributed by atoms with Crippen molar-refractivity contribution in [1.29, 1.82) is 0 Å². The van der Waals surface area contributed by atoms with Crippen LogP contribution in [0.2, 0.25) is 10.0 Å². The second kappa shape index (κ2) is 8.24. The Labute approximate surface area is 166 Å². The van der Waals surface area contributed by atoms with Crippen molar-refractivity contribution in [2.75, 3.05) is 19.0 Å². The number of anilines is 1. The molecule has 0 aliphatic carbocycles. The molecule has 0 unspecified atom stereocenters. The monoisotopic (exact) mass is 401 g/mol. The molecule has 0 fully saturated rings. The number of hydrogen-bond donors (Lipinski definition) is 2. The van der Waals surface area contributed by atoms with Gasteiger partial charge in [0.1, 0.15) is 5.69 Å². The van der Waals surface area contributed by atoms with E-state index in [4.69, 9.17) is 23.2 Å². The molecule has 6 nitrogen and oxygen atoms in total. The highest BCUT2D eigenvalue weighted by atomic mass is 35.5. The number of amides is 1. The smallest absolute Gasteiger partial charge is 0.289 e. The van der Waals surface area contributed by atoms with Crippen molar-refractivity contribution in [2.45, 2.75) is 0 Å². The van der Waals surface area contributed by atoms with Crippen LogP contribution in [-0.2, 0) is 0 Å². The zero-order valence-electron chi connectivity index (χ0n) is 14.7. The van der Waals surface area contributed by atoms with Crippen molar-refractivity contribution >= 4 is 41.0 Å². The van der Waals surface area contributed by atoms with Crippen molar-refractivity contribution in [2.24, 2.45) is 5.10 Å². The lowest BCUT2D eigenvalue weighted by Gasteiger charge is -2.11. The van der Waals surface area contributed by atoms with Crippen LogP contribution < -0.4 is 10.3 Å². The molecule has 8 heteroatoms. The first-order valence-electron chi connectivity index (χ1n) is 8.05. The number of carbonyl (C=O) groups is 1. The fourth-order valence-corrected chi connectivity index (χ4v) is 2.86. The molecule has 0 saturated heterocycles. The number of nitrogens with one attached hydrogen (secondary N) is 2. The number of rotatable bonds is 5. The molecular weight excluding hydrogens is 385 g/mol. The normalized spacial score (nSPS) is 11.0. The van der Waals surface area contributed by atoms with E-state index >= 15 is 0 Å². The van der Waals surface area contributed by atoms with Gasteiger partial charge in [-0.3, -0.25) is 9.89 Å². The fourth-order valence-electron chi connectivity index (χ4n) is 2.36. The van der Waals surface area contributed by atoms with Crippen LogP contribution in [0.3, 0.4) is 0 Å². The zero-order chi connectivity index (χ0) is 19.4. The number of hydrazone groups is 1. The van der Waals surface area contributed by atoms with E-state index in [1.165, 1.54) is 0 Å². The van der Waals surface area contributed by atoms with Crippen LogP contribution in [0.15, 0.2) is 53.6 Å². The number of nitrogens with zero attached hydrogens (tertiary/aromatic N) is 3. The fraction of sp³-hybridized carbons (Fsp3) is 0.105. The Morgan fingerprint density at radius 3 is 2.56 bits per heavy atom. The Morgan fingerprint density at radius 1 is 1.15 bits per heavy atom. The van der Waals surface area contributed by atoms with Crippen molar-refractivity contribution in [3.05, 3.63) is 69.8 Å². The van der Waals surface area contributed by atoms with Crippen molar-refractivity contribution in [3.8, 4) is 11.3 Å². The van der Waals surface area contributed by atoms with E-state index < -0.39 is 5.91 Å². The van der Waals surface area contributed by atoms with Gasteiger partial charge in [-0.05, 0) is 42.0 Å². The Morgan fingerprint density at radius 2 is 1.89 bits per heavy atom. The van der Waals surface area contributed by atoms with Crippen LogP contribution in [0.5, 0.6) is 0 Å². The molecule has 0 radical (unpaired) electrons. The van der Waals surface area contributed by atoms with Crippen LogP contribution in [0.25, 0.3) is 11.3 Å². The summed E-state index contributed by atoms with van der Waals surface area (Å²) < 4.78 is 0. The van der Waals surface area contributed by atoms with Gasteiger partial charge in [0.25, 0.3) is 5.91 Å². The molecule has 27 heavy (non-hydrogen) atoms. The standard InChI is InChI=1S/C19H17Cl2N5O/c1-26(2)14-6-3-12(4-7-14)11-22-25-19(27)18-10-17(23-24-18)15-8-5-13(20)9-16(15)21/h3-11H,1-2H3,(H,23,24)(H,25,27)/b22-11+. The maximum Gasteiger partial charge on any atom is 0.289 e. The first-order chi connectivity index (χ1) is 12.9. The second-order valence-electron chi connectivity index (χ2n) is 5.98.